The zero-order chi connectivity index (χ0) is 11.0. The van der Waals surface area contributed by atoms with E-state index < -0.39 is 0 Å². The maximum atomic E-state index is 3.62. The normalized spacial score (nSPS) is 28.9. The second-order valence-corrected chi connectivity index (χ2v) is 4.94. The van der Waals surface area contributed by atoms with Crippen molar-refractivity contribution in [2.24, 2.45) is 0 Å². The van der Waals surface area contributed by atoms with Gasteiger partial charge < -0.3 is 10.2 Å². The maximum Gasteiger partial charge on any atom is 0.100 e. The van der Waals surface area contributed by atoms with Crippen molar-refractivity contribution in [3.05, 3.63) is 35.3 Å². The number of hydrogen-bond acceptors (Lipinski definition) is 2. The van der Waals surface area contributed by atoms with Gasteiger partial charge in [-0.2, -0.15) is 0 Å². The van der Waals surface area contributed by atoms with Crippen molar-refractivity contribution in [2.75, 3.05) is 0 Å². The zero-order valence-corrected chi connectivity index (χ0v) is 10.00. The number of nitrogens with zero attached hydrogens (tertiary/aromatic N) is 1. The second kappa shape index (κ2) is 4.00. The fraction of sp³-hybridized carbons (Fsp3) is 0.571. The van der Waals surface area contributed by atoms with E-state index in [1.807, 2.05) is 0 Å². The lowest BCUT2D eigenvalue weighted by Crippen LogP contribution is -2.34. The predicted molar refractivity (Wildman–Crippen MR) is 66.4 cm³/mol. The molecule has 2 nitrogen and oxygen atoms in total. The molecule has 1 heterocycles. The third-order valence-electron chi connectivity index (χ3n) is 3.75. The highest BCUT2D eigenvalue weighted by Crippen LogP contribution is 2.34. The summed E-state index contributed by atoms with van der Waals surface area (Å²) in [4.78, 5) is 2.50. The minimum atomic E-state index is 0.442. The van der Waals surface area contributed by atoms with E-state index in [0.717, 1.165) is 0 Å². The molecular formula is C14H20N2. The number of nitrogens with one attached hydrogen (secondary N) is 1. The minimum absolute atomic E-state index is 0.442. The molecule has 1 aliphatic heterocycles. The van der Waals surface area contributed by atoms with Crippen LogP contribution in [0.15, 0.2) is 35.3 Å². The summed E-state index contributed by atoms with van der Waals surface area (Å²) < 4.78 is 0. The van der Waals surface area contributed by atoms with Crippen molar-refractivity contribution in [3.63, 3.8) is 0 Å². The van der Waals surface area contributed by atoms with Crippen LogP contribution in [0.1, 0.15) is 45.4 Å². The molecule has 2 aliphatic carbocycles. The van der Waals surface area contributed by atoms with E-state index in [-0.39, 0.29) is 0 Å². The fourth-order valence-corrected chi connectivity index (χ4v) is 2.99. The molecule has 86 valence electrons. The Morgan fingerprint density at radius 2 is 2.19 bits per heavy atom. The first-order valence-electron chi connectivity index (χ1n) is 6.51. The number of allylic oxidation sites excluding steroid dienone is 5. The summed E-state index contributed by atoms with van der Waals surface area (Å²) in [5.41, 5.74) is 4.40. The Hall–Kier alpha value is -1.18. The lowest BCUT2D eigenvalue weighted by molar-refractivity contribution is 0.328. The third-order valence-corrected chi connectivity index (χ3v) is 3.75. The van der Waals surface area contributed by atoms with Crippen LogP contribution < -0.4 is 5.32 Å². The van der Waals surface area contributed by atoms with E-state index in [1.54, 1.807) is 0 Å². The van der Waals surface area contributed by atoms with E-state index in [0.29, 0.717) is 6.17 Å². The molecule has 3 aliphatic rings. The van der Waals surface area contributed by atoms with Crippen LogP contribution in [0.5, 0.6) is 0 Å². The summed E-state index contributed by atoms with van der Waals surface area (Å²) in [5.74, 6) is 0. The van der Waals surface area contributed by atoms with Gasteiger partial charge in [-0.25, -0.2) is 0 Å². The molecular weight excluding hydrogens is 196 g/mol. The topological polar surface area (TPSA) is 15.3 Å². The largest absolute Gasteiger partial charge is 0.367 e. The minimum Gasteiger partial charge on any atom is -0.367 e. The molecule has 0 saturated heterocycles. The van der Waals surface area contributed by atoms with Gasteiger partial charge in [-0.1, -0.05) is 12.2 Å². The highest BCUT2D eigenvalue weighted by atomic mass is 15.3. The van der Waals surface area contributed by atoms with Crippen LogP contribution in [0, 0.1) is 0 Å². The second-order valence-electron chi connectivity index (χ2n) is 4.94. The summed E-state index contributed by atoms with van der Waals surface area (Å²) >= 11 is 0. The molecule has 0 aromatic heterocycles. The molecule has 0 aromatic carbocycles. The summed E-state index contributed by atoms with van der Waals surface area (Å²) in [7, 11) is 0. The van der Waals surface area contributed by atoms with Gasteiger partial charge in [0.2, 0.25) is 0 Å². The predicted octanol–water partition coefficient (Wildman–Crippen LogP) is 3.26. The van der Waals surface area contributed by atoms with Crippen LogP contribution in [0.4, 0.5) is 0 Å². The SMILES string of the molecule is CC1NC2=C(C=CCC2)N1C1=CCCCC1. The summed E-state index contributed by atoms with van der Waals surface area (Å²) in [6.07, 6.45) is 15.0. The molecule has 1 N–H and O–H groups in total. The van der Waals surface area contributed by atoms with Gasteiger partial charge in [-0.15, -0.1) is 0 Å². The average Bonchev–Trinajstić information content (AvgIpc) is 2.66. The highest BCUT2D eigenvalue weighted by Gasteiger charge is 2.30. The molecule has 16 heavy (non-hydrogen) atoms. The monoisotopic (exact) mass is 216 g/mol. The third kappa shape index (κ3) is 1.57. The smallest absolute Gasteiger partial charge is 0.100 e. The summed E-state index contributed by atoms with van der Waals surface area (Å²) in [6.45, 7) is 2.27. The molecule has 0 radical (unpaired) electrons. The van der Waals surface area contributed by atoms with Gasteiger partial charge in [0.25, 0.3) is 0 Å². The van der Waals surface area contributed by atoms with Crippen LogP contribution in [-0.4, -0.2) is 11.1 Å². The fourth-order valence-electron chi connectivity index (χ4n) is 2.99. The van der Waals surface area contributed by atoms with Gasteiger partial charge in [0.1, 0.15) is 6.17 Å². The lowest BCUT2D eigenvalue weighted by Gasteiger charge is -2.30. The molecule has 0 saturated carbocycles. The Bertz CT molecular complexity index is 376. The molecule has 1 atom stereocenters. The van der Waals surface area contributed by atoms with Crippen molar-refractivity contribution in [2.45, 2.75) is 51.6 Å². The van der Waals surface area contributed by atoms with Crippen molar-refractivity contribution in [1.29, 1.82) is 0 Å². The summed E-state index contributed by atoms with van der Waals surface area (Å²) in [6, 6.07) is 0. The van der Waals surface area contributed by atoms with Crippen molar-refractivity contribution in [1.82, 2.24) is 10.2 Å². The first-order valence-corrected chi connectivity index (χ1v) is 6.51. The van der Waals surface area contributed by atoms with Crippen molar-refractivity contribution < 1.29 is 0 Å². The molecule has 3 rings (SSSR count). The average molecular weight is 216 g/mol. The van der Waals surface area contributed by atoms with Crippen LogP contribution in [-0.2, 0) is 0 Å². The Balaban J connectivity index is 1.91. The Kier molecular flexibility index (Phi) is 2.50. The molecule has 2 heteroatoms. The van der Waals surface area contributed by atoms with Gasteiger partial charge in [-0.3, -0.25) is 0 Å². The van der Waals surface area contributed by atoms with E-state index >= 15 is 0 Å². The van der Waals surface area contributed by atoms with Crippen LogP contribution in [0.3, 0.4) is 0 Å². The van der Waals surface area contributed by atoms with Gasteiger partial charge in [0.15, 0.2) is 0 Å². The standard InChI is InChI=1S/C14H20N2/c1-11-15-13-9-5-6-10-14(13)16(11)12-7-3-2-4-8-12/h6-7,10-11,15H,2-5,8-9H2,1H3. The van der Waals surface area contributed by atoms with Gasteiger partial charge in [0, 0.05) is 11.4 Å². The molecule has 0 amide bonds. The van der Waals surface area contributed by atoms with Gasteiger partial charge >= 0.3 is 0 Å². The Labute approximate surface area is 97.7 Å². The first-order chi connectivity index (χ1) is 7.86. The quantitative estimate of drug-likeness (QED) is 0.723. The lowest BCUT2D eigenvalue weighted by atomic mass is 10.0. The molecule has 0 bridgehead atoms. The zero-order valence-electron chi connectivity index (χ0n) is 10.00. The number of hydrogen-bond donors (Lipinski definition) is 1. The maximum absolute atomic E-state index is 3.62. The molecule has 0 aromatic rings. The summed E-state index contributed by atoms with van der Waals surface area (Å²) in [5, 5.41) is 3.62. The van der Waals surface area contributed by atoms with E-state index in [4.69, 9.17) is 0 Å². The molecule has 0 fully saturated rings. The van der Waals surface area contributed by atoms with E-state index in [1.165, 1.54) is 55.6 Å². The first kappa shape index (κ1) is 10.0. The van der Waals surface area contributed by atoms with E-state index in [2.05, 4.69) is 35.4 Å². The van der Waals surface area contributed by atoms with Crippen LogP contribution >= 0.6 is 0 Å². The molecule has 1 unspecified atom stereocenters. The van der Waals surface area contributed by atoms with Crippen LogP contribution in [0.25, 0.3) is 0 Å². The Morgan fingerprint density at radius 1 is 1.25 bits per heavy atom. The van der Waals surface area contributed by atoms with E-state index in [9.17, 15) is 0 Å². The number of rotatable bonds is 1. The van der Waals surface area contributed by atoms with Gasteiger partial charge in [-0.05, 0) is 51.5 Å². The Morgan fingerprint density at radius 3 is 3.00 bits per heavy atom. The highest BCUT2D eigenvalue weighted by molar-refractivity contribution is 5.35. The van der Waals surface area contributed by atoms with Crippen molar-refractivity contribution >= 4 is 0 Å². The van der Waals surface area contributed by atoms with Gasteiger partial charge in [0.05, 0.1) is 5.70 Å². The molecule has 0 spiro atoms. The van der Waals surface area contributed by atoms with Crippen molar-refractivity contribution in [3.8, 4) is 0 Å². The van der Waals surface area contributed by atoms with Crippen LogP contribution in [0.2, 0.25) is 0 Å².